The fraction of sp³-hybridized carbons (Fsp3) is 0.0526. The number of aromatic nitrogens is 4. The minimum absolute atomic E-state index is 0.593. The van der Waals surface area contributed by atoms with Crippen LogP contribution in [0.5, 0.6) is 0 Å². The van der Waals surface area contributed by atoms with Crippen molar-refractivity contribution in [2.75, 3.05) is 0 Å². The van der Waals surface area contributed by atoms with E-state index in [1.807, 2.05) is 60.7 Å². The Morgan fingerprint density at radius 2 is 1.54 bits per heavy atom. The second kappa shape index (κ2) is 7.28. The van der Waals surface area contributed by atoms with Crippen molar-refractivity contribution in [1.82, 2.24) is 20.2 Å². The maximum atomic E-state index is 10.9. The number of allylic oxidation sites excluding steroid dienone is 3. The Kier molecular flexibility index (Phi) is 4.72. The summed E-state index contributed by atoms with van der Waals surface area (Å²) in [7, 11) is 1.78. The fourth-order valence-corrected chi connectivity index (χ4v) is 2.55. The monoisotopic (exact) mass is 316 g/mol. The highest BCUT2D eigenvalue weighted by Crippen LogP contribution is 2.31. The zero-order chi connectivity index (χ0) is 16.8. The van der Waals surface area contributed by atoms with Gasteiger partial charge in [0, 0.05) is 12.6 Å². The van der Waals surface area contributed by atoms with Crippen LogP contribution in [0.25, 0.3) is 11.1 Å². The number of rotatable bonds is 5. The zero-order valence-electron chi connectivity index (χ0n) is 13.2. The molecule has 0 unspecified atom stereocenters. The first-order valence-electron chi connectivity index (χ1n) is 7.51. The van der Waals surface area contributed by atoms with E-state index < -0.39 is 0 Å². The second-order valence-electron chi connectivity index (χ2n) is 5.14. The smallest absolute Gasteiger partial charge is 0.182 e. The van der Waals surface area contributed by atoms with Crippen LogP contribution < -0.4 is 0 Å². The lowest BCUT2D eigenvalue weighted by Gasteiger charge is -2.13. The van der Waals surface area contributed by atoms with Crippen LogP contribution in [0.4, 0.5) is 0 Å². The van der Waals surface area contributed by atoms with E-state index in [9.17, 15) is 4.79 Å². The van der Waals surface area contributed by atoms with Gasteiger partial charge in [-0.15, -0.1) is 5.10 Å². The molecule has 3 aromatic rings. The summed E-state index contributed by atoms with van der Waals surface area (Å²) in [5, 5.41) is 11.8. The molecule has 1 aromatic heterocycles. The van der Waals surface area contributed by atoms with E-state index in [0.717, 1.165) is 28.6 Å². The summed E-state index contributed by atoms with van der Waals surface area (Å²) < 4.78 is 1.59. The van der Waals surface area contributed by atoms with Gasteiger partial charge in [-0.25, -0.2) is 4.68 Å². The molecule has 5 heteroatoms. The van der Waals surface area contributed by atoms with Crippen LogP contribution in [-0.2, 0) is 11.8 Å². The molecule has 0 radical (unpaired) electrons. The van der Waals surface area contributed by atoms with Gasteiger partial charge < -0.3 is 0 Å². The molecule has 0 bridgehead atoms. The van der Waals surface area contributed by atoms with Gasteiger partial charge in [0.2, 0.25) is 0 Å². The Labute approximate surface area is 140 Å². The predicted molar refractivity (Wildman–Crippen MR) is 92.8 cm³/mol. The number of hydrogen-bond donors (Lipinski definition) is 0. The van der Waals surface area contributed by atoms with Crippen LogP contribution in [0.3, 0.4) is 0 Å². The topological polar surface area (TPSA) is 60.7 Å². The molecule has 0 spiro atoms. The van der Waals surface area contributed by atoms with E-state index in [4.69, 9.17) is 0 Å². The van der Waals surface area contributed by atoms with Crippen molar-refractivity contribution in [3.63, 3.8) is 0 Å². The predicted octanol–water partition coefficient (Wildman–Crippen LogP) is 2.92. The van der Waals surface area contributed by atoms with E-state index in [1.165, 1.54) is 6.08 Å². The first-order valence-corrected chi connectivity index (χ1v) is 7.51. The first-order chi connectivity index (χ1) is 11.8. The number of hydrogen-bond acceptors (Lipinski definition) is 4. The average Bonchev–Trinajstić information content (AvgIpc) is 3.06. The third kappa shape index (κ3) is 3.20. The Bertz CT molecular complexity index is 838. The second-order valence-corrected chi connectivity index (χ2v) is 5.14. The van der Waals surface area contributed by atoms with Gasteiger partial charge in [-0.05, 0) is 39.3 Å². The highest BCUT2D eigenvalue weighted by Gasteiger charge is 2.16. The lowest BCUT2D eigenvalue weighted by atomic mass is 9.92. The van der Waals surface area contributed by atoms with E-state index in [2.05, 4.69) is 15.5 Å². The molecule has 0 aliphatic rings. The van der Waals surface area contributed by atoms with E-state index in [1.54, 1.807) is 17.8 Å². The van der Waals surface area contributed by atoms with Crippen molar-refractivity contribution < 1.29 is 4.79 Å². The Balaban J connectivity index is 2.34. The summed E-state index contributed by atoms with van der Waals surface area (Å²) in [6.45, 7) is 0. The molecular weight excluding hydrogens is 300 g/mol. The normalized spacial score (nSPS) is 10.7. The maximum Gasteiger partial charge on any atom is 0.182 e. The van der Waals surface area contributed by atoms with E-state index in [-0.39, 0.29) is 0 Å². The van der Waals surface area contributed by atoms with Crippen molar-refractivity contribution in [2.45, 2.75) is 0 Å². The van der Waals surface area contributed by atoms with Crippen LogP contribution in [0.1, 0.15) is 17.0 Å². The molecule has 0 atom stereocenters. The minimum Gasteiger partial charge on any atom is -0.299 e. The van der Waals surface area contributed by atoms with E-state index in [0.29, 0.717) is 5.82 Å². The first kappa shape index (κ1) is 15.6. The molecule has 0 fully saturated rings. The number of aldehydes is 1. The van der Waals surface area contributed by atoms with Crippen molar-refractivity contribution in [2.24, 2.45) is 7.05 Å². The fourth-order valence-electron chi connectivity index (χ4n) is 2.55. The maximum absolute atomic E-state index is 10.9. The van der Waals surface area contributed by atoms with Gasteiger partial charge in [0.25, 0.3) is 0 Å². The minimum atomic E-state index is 0.593. The highest BCUT2D eigenvalue weighted by atomic mass is 16.1. The standard InChI is InChI=1S/C19H16N4O/c1-23-19(20-21-22-23)17(13-8-14-24)18(15-9-4-2-5-10-15)16-11-6-3-7-12-16/h2-14H,1H3. The lowest BCUT2D eigenvalue weighted by molar-refractivity contribution is -0.104. The molecule has 0 aliphatic carbocycles. The number of tetrazole rings is 1. The van der Waals surface area contributed by atoms with Crippen molar-refractivity contribution in [3.05, 3.63) is 89.8 Å². The van der Waals surface area contributed by atoms with Crippen molar-refractivity contribution >= 4 is 17.4 Å². The molecule has 0 amide bonds. The Morgan fingerprint density at radius 1 is 0.958 bits per heavy atom. The molecular formula is C19H16N4O. The van der Waals surface area contributed by atoms with Crippen molar-refractivity contribution in [1.29, 1.82) is 0 Å². The molecule has 24 heavy (non-hydrogen) atoms. The van der Waals surface area contributed by atoms with Crippen molar-refractivity contribution in [3.8, 4) is 0 Å². The van der Waals surface area contributed by atoms with Crippen LogP contribution in [0, 0.1) is 0 Å². The summed E-state index contributed by atoms with van der Waals surface area (Å²) in [6, 6.07) is 20.0. The molecule has 1 heterocycles. The molecule has 3 rings (SSSR count). The van der Waals surface area contributed by atoms with Crippen LogP contribution >= 0.6 is 0 Å². The van der Waals surface area contributed by atoms with E-state index >= 15 is 0 Å². The number of carbonyl (C=O) groups excluding carboxylic acids is 1. The van der Waals surface area contributed by atoms with Gasteiger partial charge in [-0.1, -0.05) is 60.7 Å². The quantitative estimate of drug-likeness (QED) is 0.412. The number of carbonyl (C=O) groups is 1. The Morgan fingerprint density at radius 3 is 2.00 bits per heavy atom. The summed E-state index contributed by atoms with van der Waals surface area (Å²) >= 11 is 0. The number of benzene rings is 2. The average molecular weight is 316 g/mol. The molecule has 5 nitrogen and oxygen atoms in total. The Hall–Kier alpha value is -3.34. The summed E-state index contributed by atoms with van der Waals surface area (Å²) in [5.41, 5.74) is 3.80. The molecule has 0 aliphatic heterocycles. The lowest BCUT2D eigenvalue weighted by Crippen LogP contribution is -2.01. The third-order valence-electron chi connectivity index (χ3n) is 3.60. The summed E-state index contributed by atoms with van der Waals surface area (Å²) in [5.74, 6) is 0.593. The zero-order valence-corrected chi connectivity index (χ0v) is 13.2. The van der Waals surface area contributed by atoms with Gasteiger partial charge in [0.15, 0.2) is 5.82 Å². The summed E-state index contributed by atoms with van der Waals surface area (Å²) in [6.07, 6.45) is 3.95. The van der Waals surface area contributed by atoms with Gasteiger partial charge in [-0.2, -0.15) is 0 Å². The van der Waals surface area contributed by atoms with Gasteiger partial charge in [0.05, 0.1) is 0 Å². The SMILES string of the molecule is Cn1nnnc1C(C=CC=O)=C(c1ccccc1)c1ccccc1. The van der Waals surface area contributed by atoms with Crippen LogP contribution in [0.15, 0.2) is 72.8 Å². The van der Waals surface area contributed by atoms with Crippen LogP contribution in [-0.4, -0.2) is 26.5 Å². The molecule has 0 saturated carbocycles. The highest BCUT2D eigenvalue weighted by molar-refractivity contribution is 6.01. The molecule has 118 valence electrons. The van der Waals surface area contributed by atoms with Crippen LogP contribution in [0.2, 0.25) is 0 Å². The number of aryl methyl sites for hydroxylation is 1. The summed E-state index contributed by atoms with van der Waals surface area (Å²) in [4.78, 5) is 10.9. The van der Waals surface area contributed by atoms with Gasteiger partial charge in [0.1, 0.15) is 6.29 Å². The number of nitrogens with zero attached hydrogens (tertiary/aromatic N) is 4. The van der Waals surface area contributed by atoms with Gasteiger partial charge >= 0.3 is 0 Å². The third-order valence-corrected chi connectivity index (χ3v) is 3.60. The molecule has 0 saturated heterocycles. The molecule has 0 N–H and O–H groups in total. The molecule has 2 aromatic carbocycles. The largest absolute Gasteiger partial charge is 0.299 e. The van der Waals surface area contributed by atoms with Gasteiger partial charge in [-0.3, -0.25) is 4.79 Å².